The predicted molar refractivity (Wildman–Crippen MR) is 94.8 cm³/mol. The van der Waals surface area contributed by atoms with Crippen molar-refractivity contribution in [1.29, 1.82) is 0 Å². The quantitative estimate of drug-likeness (QED) is 0.736. The van der Waals surface area contributed by atoms with Gasteiger partial charge in [-0.25, -0.2) is 9.07 Å². The zero-order valence-corrected chi connectivity index (χ0v) is 14.0. The molecule has 0 amide bonds. The van der Waals surface area contributed by atoms with Gasteiger partial charge in [-0.1, -0.05) is 36.4 Å². The summed E-state index contributed by atoms with van der Waals surface area (Å²) in [5, 5.41) is 7.96. The number of hydrogen-bond donors (Lipinski definition) is 1. The van der Waals surface area contributed by atoms with Gasteiger partial charge in [-0.05, 0) is 50.6 Å². The van der Waals surface area contributed by atoms with E-state index in [4.69, 9.17) is 0 Å². The predicted octanol–water partition coefficient (Wildman–Crippen LogP) is 4.21. The van der Waals surface area contributed by atoms with Gasteiger partial charge in [-0.15, -0.1) is 0 Å². The Morgan fingerprint density at radius 2 is 1.92 bits per heavy atom. The molecule has 1 N–H and O–H groups in total. The van der Waals surface area contributed by atoms with Gasteiger partial charge in [0.05, 0.1) is 11.9 Å². The van der Waals surface area contributed by atoms with Crippen LogP contribution in [0.25, 0.3) is 5.69 Å². The number of rotatable bonds is 6. The number of nitrogens with one attached hydrogen (secondary N) is 1. The average Bonchev–Trinajstić information content (AvgIpc) is 2.97. The highest BCUT2D eigenvalue weighted by molar-refractivity contribution is 5.35. The monoisotopic (exact) mass is 323 g/mol. The summed E-state index contributed by atoms with van der Waals surface area (Å²) in [7, 11) is 0. The Bertz CT molecular complexity index is 796. The maximum atomic E-state index is 13.4. The second-order valence-electron chi connectivity index (χ2n) is 5.99. The molecule has 0 unspecified atom stereocenters. The molecule has 124 valence electrons. The maximum absolute atomic E-state index is 13.4. The smallest absolute Gasteiger partial charge is 0.125 e. The van der Waals surface area contributed by atoms with Gasteiger partial charge in [0, 0.05) is 17.3 Å². The Kier molecular flexibility index (Phi) is 5.06. The number of nitrogens with zero attached hydrogens (tertiary/aromatic N) is 2. The summed E-state index contributed by atoms with van der Waals surface area (Å²) in [5.41, 5.74) is 4.23. The first-order valence-electron chi connectivity index (χ1n) is 8.23. The molecule has 0 spiro atoms. The van der Waals surface area contributed by atoms with Crippen LogP contribution >= 0.6 is 0 Å². The van der Waals surface area contributed by atoms with Crippen molar-refractivity contribution in [3.8, 4) is 5.69 Å². The zero-order valence-electron chi connectivity index (χ0n) is 14.0. The third kappa shape index (κ3) is 3.71. The molecule has 3 rings (SSSR count). The van der Waals surface area contributed by atoms with Crippen LogP contribution in [-0.2, 0) is 6.42 Å². The van der Waals surface area contributed by atoms with Gasteiger partial charge in [0.1, 0.15) is 5.82 Å². The molecule has 0 aliphatic rings. The number of benzene rings is 2. The lowest BCUT2D eigenvalue weighted by Gasteiger charge is -2.14. The van der Waals surface area contributed by atoms with Crippen LogP contribution in [-0.4, -0.2) is 16.3 Å². The van der Waals surface area contributed by atoms with Crippen LogP contribution in [0.4, 0.5) is 4.39 Å². The van der Waals surface area contributed by atoms with Crippen molar-refractivity contribution in [2.75, 3.05) is 6.54 Å². The van der Waals surface area contributed by atoms with Crippen LogP contribution in [0.1, 0.15) is 29.8 Å². The number of aromatic nitrogens is 2. The van der Waals surface area contributed by atoms with Gasteiger partial charge < -0.3 is 5.32 Å². The third-order valence-corrected chi connectivity index (χ3v) is 4.27. The van der Waals surface area contributed by atoms with Gasteiger partial charge in [0.2, 0.25) is 0 Å². The third-order valence-electron chi connectivity index (χ3n) is 4.27. The van der Waals surface area contributed by atoms with Crippen LogP contribution in [0.15, 0.2) is 60.8 Å². The van der Waals surface area contributed by atoms with Crippen LogP contribution < -0.4 is 5.32 Å². The molecule has 24 heavy (non-hydrogen) atoms. The highest BCUT2D eigenvalue weighted by Gasteiger charge is 2.14. The maximum Gasteiger partial charge on any atom is 0.125 e. The average molecular weight is 323 g/mol. The lowest BCUT2D eigenvalue weighted by molar-refractivity contribution is 0.574. The van der Waals surface area contributed by atoms with Crippen molar-refractivity contribution < 1.29 is 4.39 Å². The van der Waals surface area contributed by atoms with E-state index in [9.17, 15) is 4.39 Å². The van der Waals surface area contributed by atoms with E-state index in [-0.39, 0.29) is 11.9 Å². The fraction of sp³-hybridized carbons (Fsp3) is 0.250. The second-order valence-corrected chi connectivity index (χ2v) is 5.99. The summed E-state index contributed by atoms with van der Waals surface area (Å²) >= 11 is 0. The fourth-order valence-corrected chi connectivity index (χ4v) is 2.90. The number of hydrogen-bond acceptors (Lipinski definition) is 2. The first kappa shape index (κ1) is 16.4. The molecule has 3 aromatic rings. The summed E-state index contributed by atoms with van der Waals surface area (Å²) in [5.74, 6) is -0.252. The Hall–Kier alpha value is -2.46. The van der Waals surface area contributed by atoms with Crippen LogP contribution in [0.5, 0.6) is 0 Å². The molecule has 0 aliphatic heterocycles. The summed E-state index contributed by atoms with van der Waals surface area (Å²) in [4.78, 5) is 0. The minimum Gasteiger partial charge on any atom is -0.310 e. The molecule has 1 aromatic heterocycles. The first-order valence-corrected chi connectivity index (χ1v) is 8.23. The number of halogens is 1. The molecule has 0 saturated heterocycles. The van der Waals surface area contributed by atoms with E-state index in [0.717, 1.165) is 29.9 Å². The molecular formula is C20H22FN3. The minimum atomic E-state index is -0.252. The van der Waals surface area contributed by atoms with Gasteiger partial charge in [-0.3, -0.25) is 0 Å². The van der Waals surface area contributed by atoms with Crippen molar-refractivity contribution in [1.82, 2.24) is 15.1 Å². The molecule has 0 aliphatic carbocycles. The molecule has 0 saturated carbocycles. The van der Waals surface area contributed by atoms with Gasteiger partial charge in [0.25, 0.3) is 0 Å². The lowest BCUT2D eigenvalue weighted by Crippen LogP contribution is -2.21. The Morgan fingerprint density at radius 3 is 2.67 bits per heavy atom. The Balaban J connectivity index is 1.66. The van der Waals surface area contributed by atoms with Crippen LogP contribution in [0.3, 0.4) is 0 Å². The Labute approximate surface area is 142 Å². The largest absolute Gasteiger partial charge is 0.310 e. The fourth-order valence-electron chi connectivity index (χ4n) is 2.90. The van der Waals surface area contributed by atoms with E-state index in [1.807, 2.05) is 25.3 Å². The highest BCUT2D eigenvalue weighted by atomic mass is 19.1. The first-order chi connectivity index (χ1) is 11.6. The van der Waals surface area contributed by atoms with Gasteiger partial charge in [0.15, 0.2) is 0 Å². The standard InChI is InChI=1S/C20H22FN3/c1-15(22-12-11-17-7-4-3-5-8-17)20-14-23-24(16(20)2)19-10-6-9-18(21)13-19/h3-10,13-15,22H,11-12H2,1-2H3/t15-/m1/s1. The minimum absolute atomic E-state index is 0.191. The second kappa shape index (κ2) is 7.41. The Morgan fingerprint density at radius 1 is 1.12 bits per heavy atom. The molecule has 0 bridgehead atoms. The topological polar surface area (TPSA) is 29.9 Å². The van der Waals surface area contributed by atoms with Gasteiger partial charge >= 0.3 is 0 Å². The van der Waals surface area contributed by atoms with Crippen LogP contribution in [0.2, 0.25) is 0 Å². The molecule has 0 fully saturated rings. The van der Waals surface area contributed by atoms with Crippen molar-refractivity contribution >= 4 is 0 Å². The molecule has 3 nitrogen and oxygen atoms in total. The molecule has 1 heterocycles. The van der Waals surface area contributed by atoms with E-state index in [2.05, 4.69) is 41.6 Å². The van der Waals surface area contributed by atoms with E-state index in [1.165, 1.54) is 17.7 Å². The highest BCUT2D eigenvalue weighted by Crippen LogP contribution is 2.20. The molecule has 0 radical (unpaired) electrons. The van der Waals surface area contributed by atoms with Crippen molar-refractivity contribution in [3.63, 3.8) is 0 Å². The molecule has 2 aromatic carbocycles. The molecule has 4 heteroatoms. The van der Waals surface area contributed by atoms with Crippen molar-refractivity contribution in [2.24, 2.45) is 0 Å². The lowest BCUT2D eigenvalue weighted by atomic mass is 10.1. The summed E-state index contributed by atoms with van der Waals surface area (Å²) < 4.78 is 15.2. The summed E-state index contributed by atoms with van der Waals surface area (Å²) in [6.45, 7) is 5.04. The molecule has 1 atom stereocenters. The SMILES string of the molecule is Cc1c([C@@H](C)NCCc2ccccc2)cnn1-c1cccc(F)c1. The van der Waals surface area contributed by atoms with E-state index < -0.39 is 0 Å². The van der Waals surface area contributed by atoms with Crippen molar-refractivity contribution in [2.45, 2.75) is 26.3 Å². The van der Waals surface area contributed by atoms with Gasteiger partial charge in [-0.2, -0.15) is 5.10 Å². The van der Waals surface area contributed by atoms with Crippen LogP contribution in [0, 0.1) is 12.7 Å². The summed E-state index contributed by atoms with van der Waals surface area (Å²) in [6, 6.07) is 17.1. The van der Waals surface area contributed by atoms with E-state index in [0.29, 0.717) is 0 Å². The van der Waals surface area contributed by atoms with E-state index in [1.54, 1.807) is 10.7 Å². The summed E-state index contributed by atoms with van der Waals surface area (Å²) in [6.07, 6.45) is 2.85. The normalized spacial score (nSPS) is 12.3. The van der Waals surface area contributed by atoms with E-state index >= 15 is 0 Å². The zero-order chi connectivity index (χ0) is 16.9. The molecular weight excluding hydrogens is 301 g/mol. The van der Waals surface area contributed by atoms with Crippen molar-refractivity contribution in [3.05, 3.63) is 83.4 Å².